The van der Waals surface area contributed by atoms with Gasteiger partial charge in [-0.15, -0.1) is 0 Å². The van der Waals surface area contributed by atoms with Crippen LogP contribution in [0.5, 0.6) is 0 Å². The molecular formula is C19H28N7O10P. The van der Waals surface area contributed by atoms with Gasteiger partial charge in [-0.2, -0.15) is 0 Å². The van der Waals surface area contributed by atoms with Gasteiger partial charge in [-0.05, 0) is 6.92 Å². The Morgan fingerprint density at radius 2 is 2.14 bits per heavy atom. The fourth-order valence-corrected chi connectivity index (χ4v) is 5.04. The zero-order valence-electron chi connectivity index (χ0n) is 19.6. The maximum Gasteiger partial charge on any atom is 0.472 e. The number of hydrogen-bond acceptors (Lipinski definition) is 13. The second-order valence-electron chi connectivity index (χ2n) is 8.55. The van der Waals surface area contributed by atoms with Gasteiger partial charge in [0.15, 0.2) is 11.2 Å². The van der Waals surface area contributed by atoms with Gasteiger partial charge in [0.25, 0.3) is 5.56 Å². The van der Waals surface area contributed by atoms with Crippen LogP contribution in [0.25, 0.3) is 11.2 Å². The number of amides is 1. The van der Waals surface area contributed by atoms with E-state index in [4.69, 9.17) is 30.0 Å². The molecule has 2 aromatic rings. The van der Waals surface area contributed by atoms with E-state index in [1.54, 1.807) is 6.92 Å². The Hall–Kier alpha value is -2.89. The first-order valence-corrected chi connectivity index (χ1v) is 12.7. The summed E-state index contributed by atoms with van der Waals surface area (Å²) in [6.07, 6.45) is -3.63. The summed E-state index contributed by atoms with van der Waals surface area (Å²) in [7, 11) is -4.71. The zero-order chi connectivity index (χ0) is 26.9. The number of imidazole rings is 1. The summed E-state index contributed by atoms with van der Waals surface area (Å²) < 4.78 is 35.4. The van der Waals surface area contributed by atoms with Gasteiger partial charge in [-0.3, -0.25) is 23.2 Å². The van der Waals surface area contributed by atoms with Crippen LogP contribution in [0.4, 0.5) is 0 Å². The molecule has 0 spiro atoms. The number of aliphatic hydroxyl groups excluding tert-OH is 2. The number of ether oxygens (including phenoxy) is 2. The number of phosphoric ester groups is 1. The molecule has 0 saturated carbocycles. The number of fused-ring (bicyclic) bond motifs is 1. The van der Waals surface area contributed by atoms with Crippen molar-refractivity contribution < 1.29 is 43.0 Å². The minimum absolute atomic E-state index is 0.0763. The number of carbonyl (C=O) groups is 1. The maximum atomic E-state index is 12.6. The lowest BCUT2D eigenvalue weighted by Crippen LogP contribution is -2.34. The molecule has 2 fully saturated rings. The molecule has 0 radical (unpaired) electrons. The lowest BCUT2D eigenvalue weighted by Gasteiger charge is -2.21. The number of aromatic amines is 1. The molecule has 0 bridgehead atoms. The van der Waals surface area contributed by atoms with E-state index in [1.807, 2.05) is 0 Å². The summed E-state index contributed by atoms with van der Waals surface area (Å²) in [6.45, 7) is 0.536. The Kier molecular flexibility index (Phi) is 7.96. The third-order valence-corrected chi connectivity index (χ3v) is 6.73. The first kappa shape index (κ1) is 27.2. The fourth-order valence-electron chi connectivity index (χ4n) is 4.08. The average Bonchev–Trinajstić information content (AvgIpc) is 3.48. The predicted molar refractivity (Wildman–Crippen MR) is 123 cm³/mol. The lowest BCUT2D eigenvalue weighted by atomic mass is 10.2. The molecule has 9 N–H and O–H groups in total. The normalized spacial score (nSPS) is 29.3. The number of hydrogen-bond donors (Lipinski definition) is 7. The van der Waals surface area contributed by atoms with Crippen molar-refractivity contribution in [2.24, 2.45) is 11.5 Å². The van der Waals surface area contributed by atoms with E-state index in [9.17, 15) is 29.3 Å². The highest BCUT2D eigenvalue weighted by molar-refractivity contribution is 7.47. The van der Waals surface area contributed by atoms with Crippen LogP contribution in [0.2, 0.25) is 0 Å². The van der Waals surface area contributed by atoms with Crippen LogP contribution in [-0.4, -0.2) is 84.4 Å². The maximum absolute atomic E-state index is 12.6. The largest absolute Gasteiger partial charge is 0.472 e. The van der Waals surface area contributed by atoms with Gasteiger partial charge >= 0.3 is 7.82 Å². The number of aliphatic hydroxyl groups is 2. The smallest absolute Gasteiger partial charge is 0.394 e. The molecule has 4 rings (SSSR count). The van der Waals surface area contributed by atoms with Gasteiger partial charge in [-0.25, -0.2) is 14.5 Å². The first-order valence-electron chi connectivity index (χ1n) is 11.2. The Labute approximate surface area is 209 Å². The van der Waals surface area contributed by atoms with Gasteiger partial charge in [0.2, 0.25) is 5.91 Å². The third-order valence-electron chi connectivity index (χ3n) is 5.72. The summed E-state index contributed by atoms with van der Waals surface area (Å²) in [4.78, 5) is 44.9. The minimum atomic E-state index is -4.71. The Balaban J connectivity index is 1.34. The predicted octanol–water partition coefficient (Wildman–Crippen LogP) is -2.44. The monoisotopic (exact) mass is 545 g/mol. The number of aryl methyl sites for hydroxylation is 1. The molecule has 7 atom stereocenters. The van der Waals surface area contributed by atoms with E-state index < -0.39 is 69.4 Å². The molecule has 0 aliphatic carbocycles. The summed E-state index contributed by atoms with van der Waals surface area (Å²) >= 11 is 0. The van der Waals surface area contributed by atoms with Crippen LogP contribution < -0.4 is 22.3 Å². The van der Waals surface area contributed by atoms with Crippen LogP contribution in [-0.2, 0) is 27.9 Å². The Morgan fingerprint density at radius 1 is 1.38 bits per heavy atom. The summed E-state index contributed by atoms with van der Waals surface area (Å²) in [5, 5.41) is 22.4. The topological polar surface area (TPSA) is 259 Å². The Morgan fingerprint density at radius 3 is 2.84 bits per heavy atom. The molecule has 17 nitrogen and oxygen atoms in total. The van der Waals surface area contributed by atoms with Crippen molar-refractivity contribution in [1.29, 1.82) is 0 Å². The second-order valence-corrected chi connectivity index (χ2v) is 9.96. The van der Waals surface area contributed by atoms with Crippen LogP contribution in [0, 0.1) is 6.92 Å². The van der Waals surface area contributed by atoms with Gasteiger partial charge in [0, 0.05) is 18.9 Å². The first-order chi connectivity index (χ1) is 17.5. The number of rotatable bonds is 9. The number of nitrogens with two attached hydrogens (primary N) is 2. The van der Waals surface area contributed by atoms with Crippen molar-refractivity contribution in [3.05, 3.63) is 34.4 Å². The number of nitrogens with one attached hydrogen (secondary N) is 2. The quantitative estimate of drug-likeness (QED) is 0.128. The number of H-pyrrole nitrogens is 1. The van der Waals surface area contributed by atoms with Crippen LogP contribution in [0.15, 0.2) is 23.0 Å². The second kappa shape index (κ2) is 10.8. The highest BCUT2D eigenvalue weighted by Gasteiger charge is 2.43. The van der Waals surface area contributed by atoms with Crippen molar-refractivity contribution in [3.63, 3.8) is 0 Å². The van der Waals surface area contributed by atoms with E-state index in [0.717, 1.165) is 6.08 Å². The third kappa shape index (κ3) is 6.34. The fraction of sp³-hybridized carbons (Fsp3) is 0.579. The number of carbonyl (C=O) groups excluding carboxylic acids is 1. The van der Waals surface area contributed by atoms with Crippen LogP contribution >= 0.6 is 7.82 Å². The molecule has 2 saturated heterocycles. The van der Waals surface area contributed by atoms with Crippen molar-refractivity contribution >= 4 is 24.9 Å². The van der Waals surface area contributed by atoms with Gasteiger partial charge in [0.05, 0.1) is 31.5 Å². The van der Waals surface area contributed by atoms with E-state index >= 15 is 0 Å². The molecule has 3 unspecified atom stereocenters. The summed E-state index contributed by atoms with van der Waals surface area (Å²) in [6, 6.07) is 0. The van der Waals surface area contributed by atoms with E-state index in [2.05, 4.69) is 20.3 Å². The van der Waals surface area contributed by atoms with Crippen LogP contribution in [0.3, 0.4) is 0 Å². The van der Waals surface area contributed by atoms with Gasteiger partial charge in [0.1, 0.15) is 36.6 Å². The molecule has 0 aromatic carbocycles. The van der Waals surface area contributed by atoms with E-state index in [1.165, 1.54) is 10.9 Å². The lowest BCUT2D eigenvalue weighted by molar-refractivity contribution is -0.121. The molecule has 1 amide bonds. The molecule has 2 aliphatic rings. The SMILES string of the molecule is Cc1nc2c(ncn2[C@H]2CC(O)[C@@H](COP(=O)(O)OC3C[C@@H](NC(=O)C=C(N)N)O[C@@H]3CO)O2)c(=O)[nH]1. The Bertz CT molecular complexity index is 1280. The van der Waals surface area contributed by atoms with Crippen molar-refractivity contribution in [1.82, 2.24) is 24.8 Å². The molecule has 2 aromatic heterocycles. The molecule has 4 heterocycles. The van der Waals surface area contributed by atoms with Crippen molar-refractivity contribution in [3.8, 4) is 0 Å². The summed E-state index contributed by atoms with van der Waals surface area (Å²) in [5.41, 5.74) is 10.4. The van der Waals surface area contributed by atoms with Gasteiger partial charge < -0.3 is 46.3 Å². The van der Waals surface area contributed by atoms with E-state index in [0.29, 0.717) is 5.82 Å². The number of phosphoric acid groups is 1. The highest BCUT2D eigenvalue weighted by atomic mass is 31.2. The number of nitrogens with zero attached hydrogens (tertiary/aromatic N) is 3. The number of aromatic nitrogens is 4. The molecule has 204 valence electrons. The van der Waals surface area contributed by atoms with Crippen molar-refractivity contribution in [2.75, 3.05) is 13.2 Å². The highest BCUT2D eigenvalue weighted by Crippen LogP contribution is 2.48. The van der Waals surface area contributed by atoms with Crippen LogP contribution in [0.1, 0.15) is 24.9 Å². The zero-order valence-corrected chi connectivity index (χ0v) is 20.5. The molecule has 37 heavy (non-hydrogen) atoms. The van der Waals surface area contributed by atoms with Crippen molar-refractivity contribution in [2.45, 2.75) is 56.6 Å². The molecular weight excluding hydrogens is 517 g/mol. The molecule has 18 heteroatoms. The van der Waals surface area contributed by atoms with E-state index in [-0.39, 0.29) is 29.8 Å². The minimum Gasteiger partial charge on any atom is -0.394 e. The standard InChI is InChI=1S/C19H28N7O10P/c1-8-23-18-17(19(30)24-8)22-7-26(18)16-2-9(28)12(35-16)6-33-37(31,32)36-10-3-15(34-11(10)5-27)25-14(29)4-13(20)21/h4,7,9-12,15-16,27-28H,2-3,5-6,20-21H2,1H3,(H,25,29)(H,31,32)(H,23,24,30)/t9?,10?,11-,12-,15+,16-/m1/s1. The van der Waals surface area contributed by atoms with Gasteiger partial charge in [-0.1, -0.05) is 0 Å². The molecule has 2 aliphatic heterocycles. The summed E-state index contributed by atoms with van der Waals surface area (Å²) in [5.74, 6) is -0.515. The average molecular weight is 545 g/mol.